The molecule has 0 saturated heterocycles. The zero-order valence-corrected chi connectivity index (χ0v) is 55.4. The Bertz CT molecular complexity index is 2290. The average molecular weight is 1200 g/mol. The largest absolute Gasteiger partial charge is 0.481 e. The summed E-state index contributed by atoms with van der Waals surface area (Å²) in [5, 5.41) is 20.7. The van der Waals surface area contributed by atoms with Crippen LogP contribution in [-0.2, 0) is 57.4 Å². The molecule has 4 amide bonds. The van der Waals surface area contributed by atoms with Crippen LogP contribution in [0.2, 0.25) is 0 Å². The van der Waals surface area contributed by atoms with Gasteiger partial charge >= 0.3 is 5.97 Å². The van der Waals surface area contributed by atoms with Crippen molar-refractivity contribution in [1.29, 1.82) is 0 Å². The molecular formula is C61H108N4O15S2. The van der Waals surface area contributed by atoms with E-state index >= 15 is 0 Å². The summed E-state index contributed by atoms with van der Waals surface area (Å²) in [7, 11) is -0.612. The predicted molar refractivity (Wildman–Crippen MR) is 325 cm³/mol. The van der Waals surface area contributed by atoms with E-state index < -0.39 is 91.0 Å². The average Bonchev–Trinajstić information content (AvgIpc) is 3.56. The minimum absolute atomic E-state index is 0.0251. The molecule has 0 aromatic heterocycles. The fraction of sp³-hybridized carbons (Fsp3) is 0.803. The zero-order valence-electron chi connectivity index (χ0n) is 53.7. The van der Waals surface area contributed by atoms with Crippen molar-refractivity contribution in [3.63, 3.8) is 0 Å². The summed E-state index contributed by atoms with van der Waals surface area (Å²) < 4.78 is 61.8. The van der Waals surface area contributed by atoms with Gasteiger partial charge in [-0.25, -0.2) is 8.42 Å². The minimum atomic E-state index is -3.89. The van der Waals surface area contributed by atoms with Crippen LogP contribution in [0.5, 0.6) is 0 Å². The number of methoxy groups -OCH3 is 2. The van der Waals surface area contributed by atoms with E-state index in [1.165, 1.54) is 36.0 Å². The fourth-order valence-electron chi connectivity index (χ4n) is 7.76. The van der Waals surface area contributed by atoms with Gasteiger partial charge in [-0.15, -0.1) is 0 Å². The van der Waals surface area contributed by atoms with Crippen molar-refractivity contribution in [2.75, 3.05) is 65.2 Å². The molecule has 0 heterocycles. The number of carboxylic acids is 1. The van der Waals surface area contributed by atoms with Gasteiger partial charge in [0.05, 0.1) is 57.3 Å². The van der Waals surface area contributed by atoms with Gasteiger partial charge in [-0.3, -0.25) is 28.8 Å². The maximum atomic E-state index is 14.5. The third kappa shape index (κ3) is 32.0. The lowest BCUT2D eigenvalue weighted by molar-refractivity contribution is -0.137. The van der Waals surface area contributed by atoms with Crippen molar-refractivity contribution >= 4 is 57.0 Å². The molecule has 0 saturated carbocycles. The van der Waals surface area contributed by atoms with Crippen molar-refractivity contribution < 1.29 is 70.7 Å². The number of ether oxygens (including phenoxy) is 6. The minimum Gasteiger partial charge on any atom is -0.481 e. The number of Topliss-reactive ketones (excluding diaryl/α,β-unsaturated/α-hetero) is 1. The van der Waals surface area contributed by atoms with E-state index in [4.69, 9.17) is 28.4 Å². The molecule has 1 unspecified atom stereocenters. The van der Waals surface area contributed by atoms with E-state index in [1.54, 1.807) is 28.1 Å². The van der Waals surface area contributed by atoms with Crippen molar-refractivity contribution in [3.8, 4) is 0 Å². The van der Waals surface area contributed by atoms with Crippen LogP contribution in [0.4, 0.5) is 0 Å². The summed E-state index contributed by atoms with van der Waals surface area (Å²) >= 11 is 1.49. The first kappa shape index (κ1) is 76.3. The van der Waals surface area contributed by atoms with Crippen LogP contribution in [0.25, 0.3) is 0 Å². The number of benzene rings is 1. The van der Waals surface area contributed by atoms with E-state index in [0.29, 0.717) is 51.9 Å². The van der Waals surface area contributed by atoms with Crippen LogP contribution < -0.4 is 21.3 Å². The lowest BCUT2D eigenvalue weighted by Gasteiger charge is -2.31. The molecular weight excluding hydrogens is 1090 g/mol. The van der Waals surface area contributed by atoms with Gasteiger partial charge in [0.15, 0.2) is 15.6 Å². The topological polar surface area (TPSA) is 260 Å². The smallest absolute Gasteiger partial charge is 0.303 e. The second-order valence-electron chi connectivity index (χ2n) is 27.0. The quantitative estimate of drug-likeness (QED) is 0.0383. The van der Waals surface area contributed by atoms with E-state index in [-0.39, 0.29) is 89.7 Å². The Balaban J connectivity index is 3.46. The molecule has 21 heteroatoms. The molecule has 19 nitrogen and oxygen atoms in total. The number of carboxylic acid groups (broad SMARTS) is 1. The number of ketones is 1. The van der Waals surface area contributed by atoms with Crippen LogP contribution >= 0.6 is 11.8 Å². The van der Waals surface area contributed by atoms with Crippen LogP contribution in [0.3, 0.4) is 0 Å². The second-order valence-corrected chi connectivity index (χ2v) is 31.4. The lowest BCUT2D eigenvalue weighted by Crippen LogP contribution is -2.54. The Morgan fingerprint density at radius 3 is 1.45 bits per heavy atom. The number of sulfone groups is 1. The van der Waals surface area contributed by atoms with Crippen LogP contribution in [0.1, 0.15) is 210 Å². The maximum Gasteiger partial charge on any atom is 0.303 e. The lowest BCUT2D eigenvalue weighted by atomic mass is 9.99. The number of amides is 4. The van der Waals surface area contributed by atoms with Gasteiger partial charge in [0, 0.05) is 80.9 Å². The number of nitrogens with one attached hydrogen (secondary N) is 4. The number of hydrogen-bond acceptors (Lipinski definition) is 15. The molecule has 1 aromatic carbocycles. The van der Waals surface area contributed by atoms with Crippen LogP contribution in [0.15, 0.2) is 24.3 Å². The summed E-state index contributed by atoms with van der Waals surface area (Å²) in [5.74, 6) is -5.48. The van der Waals surface area contributed by atoms with Gasteiger partial charge in [-0.1, -0.05) is 26.0 Å². The molecule has 474 valence electrons. The van der Waals surface area contributed by atoms with Crippen molar-refractivity contribution in [2.24, 2.45) is 5.92 Å². The first-order valence-electron chi connectivity index (χ1n) is 28.9. The molecule has 1 aromatic rings. The standard InChI is InChI=1S/C61H108N4O15S2/c1-54(2,3)77-39-33-60(15,16)81-41-45(42-82(73,74)61(17,18)34-40-78-55(4,5)6)50(69)43-21-23-44(24-22-43)51(70)64-47(26-28-49(67)68)53(72)65-46(52(71)63-36-30-59(13,14)80-38-32-57(9,10)76-20)25-27-48(66)62-35-29-58(11,12)79-37-31-56(7,8)75-19/h21-24,45-47H,25-42H2,1-20H3,(H,62,66)(H,63,71)(H,64,70)(H,65,72)(H,67,68)/t45?,46-,47-/m0/s1. The van der Waals surface area contributed by atoms with E-state index in [2.05, 4.69) is 21.3 Å². The Morgan fingerprint density at radius 1 is 0.537 bits per heavy atom. The molecule has 3 atom stereocenters. The Hall–Kier alpha value is -3.70. The van der Waals surface area contributed by atoms with Gasteiger partial charge in [0.1, 0.15) is 12.1 Å². The molecule has 0 radical (unpaired) electrons. The molecule has 82 heavy (non-hydrogen) atoms. The number of aliphatic carboxylic acids is 1. The predicted octanol–water partition coefficient (Wildman–Crippen LogP) is 9.06. The van der Waals surface area contributed by atoms with Gasteiger partial charge in [-0.2, -0.15) is 11.8 Å². The SMILES string of the molecule is COC(C)(C)CCOC(C)(C)CCNC(=O)CC[C@H](NC(=O)[C@H](CCC(=O)O)NC(=O)c1ccc(C(=O)C(CSC(C)(C)CCOC(C)(C)C)CS(=O)(=O)C(C)(C)CCOC(C)(C)C)cc1)C(=O)NCCC(C)(C)OCCC(C)(C)OC. The third-order valence-electron chi connectivity index (χ3n) is 14.4. The van der Waals surface area contributed by atoms with E-state index in [1.807, 2.05) is 111 Å². The molecule has 0 spiro atoms. The molecule has 0 aliphatic carbocycles. The molecule has 1 rings (SSSR count). The first-order valence-corrected chi connectivity index (χ1v) is 31.5. The van der Waals surface area contributed by atoms with Gasteiger partial charge in [0.25, 0.3) is 5.91 Å². The highest BCUT2D eigenvalue weighted by Gasteiger charge is 2.39. The summed E-state index contributed by atoms with van der Waals surface area (Å²) in [5.41, 5.74) is -2.57. The number of carbonyl (C=O) groups is 6. The molecule has 0 aliphatic heterocycles. The number of rotatable bonds is 41. The van der Waals surface area contributed by atoms with Crippen LogP contribution in [-0.4, -0.2) is 169 Å². The number of hydrogen-bond donors (Lipinski definition) is 5. The summed E-state index contributed by atoms with van der Waals surface area (Å²) in [4.78, 5) is 81.6. The fourth-order valence-corrected chi connectivity index (χ4v) is 10.7. The monoisotopic (exact) mass is 1200 g/mol. The summed E-state index contributed by atoms with van der Waals surface area (Å²) in [6, 6.07) is 2.88. The molecule has 0 aliphatic rings. The number of thioether (sulfide) groups is 1. The third-order valence-corrected chi connectivity index (χ3v) is 18.6. The van der Waals surface area contributed by atoms with E-state index in [0.717, 1.165) is 0 Å². The summed E-state index contributed by atoms with van der Waals surface area (Å²) in [6.45, 7) is 36.4. The highest BCUT2D eigenvalue weighted by molar-refractivity contribution is 8.00. The maximum absolute atomic E-state index is 14.5. The highest BCUT2D eigenvalue weighted by Crippen LogP contribution is 2.34. The van der Waals surface area contributed by atoms with E-state index in [9.17, 15) is 42.3 Å². The van der Waals surface area contributed by atoms with Gasteiger partial charge < -0.3 is 54.8 Å². The Kier molecular flexibility index (Phi) is 31.0. The van der Waals surface area contributed by atoms with Crippen LogP contribution in [0, 0.1) is 5.92 Å². The normalized spacial score (nSPS) is 14.4. The molecule has 0 fully saturated rings. The van der Waals surface area contributed by atoms with Crippen molar-refractivity contribution in [3.05, 3.63) is 35.4 Å². The van der Waals surface area contributed by atoms with Gasteiger partial charge in [0.2, 0.25) is 17.7 Å². The zero-order chi connectivity index (χ0) is 63.2. The number of carbonyl (C=O) groups excluding carboxylic acids is 5. The molecule has 0 bridgehead atoms. The highest BCUT2D eigenvalue weighted by atomic mass is 32.2. The first-order chi connectivity index (χ1) is 37.4. The molecule has 5 N–H and O–H groups in total. The Labute approximate surface area is 497 Å². The summed E-state index contributed by atoms with van der Waals surface area (Å²) in [6.07, 6.45) is 1.87. The van der Waals surface area contributed by atoms with Crippen molar-refractivity contribution in [1.82, 2.24) is 21.3 Å². The second kappa shape index (κ2) is 33.3. The Morgan fingerprint density at radius 2 is 0.976 bits per heavy atom. The van der Waals surface area contributed by atoms with Crippen molar-refractivity contribution in [2.45, 2.75) is 244 Å². The van der Waals surface area contributed by atoms with Gasteiger partial charge in [-0.05, 0) is 174 Å².